The zero-order valence-electron chi connectivity index (χ0n) is 14.6. The Hall–Kier alpha value is -2.76. The Morgan fingerprint density at radius 2 is 1.65 bits per heavy atom. The van der Waals surface area contributed by atoms with E-state index < -0.39 is 0 Å². The summed E-state index contributed by atoms with van der Waals surface area (Å²) in [6.45, 7) is 1.67. The summed E-state index contributed by atoms with van der Waals surface area (Å²) in [5.74, 6) is 0. The van der Waals surface area contributed by atoms with E-state index in [1.165, 1.54) is 16.7 Å². The monoisotopic (exact) mass is 360 g/mol. The van der Waals surface area contributed by atoms with Gasteiger partial charge in [0.25, 0.3) is 0 Å². The second-order valence-corrected chi connectivity index (χ2v) is 7.29. The zero-order valence-corrected chi connectivity index (χ0v) is 15.4. The highest BCUT2D eigenvalue weighted by atomic mass is 32.1. The van der Waals surface area contributed by atoms with Gasteiger partial charge >= 0.3 is 0 Å². The van der Waals surface area contributed by atoms with Gasteiger partial charge in [-0.05, 0) is 23.7 Å². The maximum Gasteiger partial charge on any atom is 0.107 e. The molecule has 4 rings (SSSR count). The Labute approximate surface area is 157 Å². The minimum atomic E-state index is 0.825. The third-order valence-electron chi connectivity index (χ3n) is 4.33. The number of hydrogen-bond donors (Lipinski definition) is 1. The topological polar surface area (TPSA) is 44.8 Å². The number of aromatic amines is 1. The van der Waals surface area contributed by atoms with Crippen LogP contribution in [0.25, 0.3) is 22.4 Å². The maximum atomic E-state index is 4.36. The number of nitrogens with one attached hydrogen (secondary N) is 1. The van der Waals surface area contributed by atoms with Gasteiger partial charge in [0.15, 0.2) is 0 Å². The van der Waals surface area contributed by atoms with E-state index >= 15 is 0 Å². The van der Waals surface area contributed by atoms with Crippen molar-refractivity contribution in [3.05, 3.63) is 82.9 Å². The average molecular weight is 360 g/mol. The van der Waals surface area contributed by atoms with Crippen molar-refractivity contribution < 1.29 is 0 Å². The van der Waals surface area contributed by atoms with Gasteiger partial charge in [-0.1, -0.05) is 54.6 Å². The summed E-state index contributed by atoms with van der Waals surface area (Å²) in [4.78, 5) is 6.61. The van der Waals surface area contributed by atoms with Crippen molar-refractivity contribution in [1.29, 1.82) is 0 Å². The fourth-order valence-electron chi connectivity index (χ4n) is 3.05. The molecule has 1 N–H and O–H groups in total. The van der Waals surface area contributed by atoms with Crippen molar-refractivity contribution >= 4 is 11.3 Å². The number of rotatable bonds is 6. The maximum absolute atomic E-state index is 4.36. The molecule has 26 heavy (non-hydrogen) atoms. The van der Waals surface area contributed by atoms with Crippen LogP contribution in [0.2, 0.25) is 0 Å². The Kier molecular flexibility index (Phi) is 4.91. The van der Waals surface area contributed by atoms with Crippen LogP contribution in [0.3, 0.4) is 0 Å². The van der Waals surface area contributed by atoms with E-state index in [1.54, 1.807) is 11.3 Å². The van der Waals surface area contributed by atoms with Crippen molar-refractivity contribution in [1.82, 2.24) is 20.1 Å². The fourth-order valence-corrected chi connectivity index (χ4v) is 3.74. The van der Waals surface area contributed by atoms with Crippen LogP contribution in [0.4, 0.5) is 0 Å². The molecule has 0 radical (unpaired) electrons. The van der Waals surface area contributed by atoms with Crippen LogP contribution >= 0.6 is 11.3 Å². The summed E-state index contributed by atoms with van der Waals surface area (Å²) >= 11 is 1.69. The molecule has 4 nitrogen and oxygen atoms in total. The van der Waals surface area contributed by atoms with Crippen LogP contribution in [-0.2, 0) is 13.1 Å². The van der Waals surface area contributed by atoms with Crippen LogP contribution in [0.1, 0.15) is 10.6 Å². The predicted molar refractivity (Wildman–Crippen MR) is 107 cm³/mol. The molecule has 0 saturated carbocycles. The third-order valence-corrected chi connectivity index (χ3v) is 5.09. The van der Waals surface area contributed by atoms with E-state index in [0.29, 0.717) is 0 Å². The average Bonchev–Trinajstić information content (AvgIpc) is 3.35. The number of aromatic nitrogens is 3. The van der Waals surface area contributed by atoms with Gasteiger partial charge < -0.3 is 0 Å². The first kappa shape index (κ1) is 16.7. The van der Waals surface area contributed by atoms with Crippen LogP contribution in [-0.4, -0.2) is 27.1 Å². The van der Waals surface area contributed by atoms with Gasteiger partial charge in [0.2, 0.25) is 0 Å². The van der Waals surface area contributed by atoms with Crippen LogP contribution in [0, 0.1) is 0 Å². The van der Waals surface area contributed by atoms with Gasteiger partial charge in [0, 0.05) is 23.7 Å². The zero-order chi connectivity index (χ0) is 17.8. The Morgan fingerprint density at radius 3 is 2.38 bits per heavy atom. The highest BCUT2D eigenvalue weighted by Gasteiger charge is 2.11. The van der Waals surface area contributed by atoms with Gasteiger partial charge in [-0.2, -0.15) is 5.10 Å². The van der Waals surface area contributed by atoms with Crippen molar-refractivity contribution in [2.45, 2.75) is 13.1 Å². The van der Waals surface area contributed by atoms with Crippen molar-refractivity contribution in [3.8, 4) is 22.4 Å². The SMILES string of the molecule is CN(Cc1nccs1)Cc1cn[nH]c1-c1ccc(-c2ccccc2)cc1. The molecule has 0 atom stereocenters. The minimum absolute atomic E-state index is 0.825. The number of nitrogens with zero attached hydrogens (tertiary/aromatic N) is 3. The predicted octanol–water partition coefficient (Wildman–Crippen LogP) is 4.83. The van der Waals surface area contributed by atoms with Gasteiger partial charge in [-0.15, -0.1) is 11.3 Å². The summed E-state index contributed by atoms with van der Waals surface area (Å²) in [5.41, 5.74) is 5.87. The molecule has 0 fully saturated rings. The molecule has 0 unspecified atom stereocenters. The number of hydrogen-bond acceptors (Lipinski definition) is 4. The molecule has 0 bridgehead atoms. The Balaban J connectivity index is 1.51. The highest BCUT2D eigenvalue weighted by molar-refractivity contribution is 7.09. The summed E-state index contributed by atoms with van der Waals surface area (Å²) < 4.78 is 0. The Bertz CT molecular complexity index is 943. The lowest BCUT2D eigenvalue weighted by molar-refractivity contribution is 0.319. The summed E-state index contributed by atoms with van der Waals surface area (Å²) in [6.07, 6.45) is 3.77. The molecular formula is C21H20N4S. The van der Waals surface area contributed by atoms with Crippen LogP contribution in [0.15, 0.2) is 72.4 Å². The van der Waals surface area contributed by atoms with Gasteiger partial charge in [-0.25, -0.2) is 4.98 Å². The van der Waals surface area contributed by atoms with Gasteiger partial charge in [-0.3, -0.25) is 10.00 Å². The molecule has 0 spiro atoms. The van der Waals surface area contributed by atoms with E-state index in [9.17, 15) is 0 Å². The molecule has 130 valence electrons. The Morgan fingerprint density at radius 1 is 0.923 bits per heavy atom. The first-order chi connectivity index (χ1) is 12.8. The van der Waals surface area contributed by atoms with Crippen molar-refractivity contribution in [2.75, 3.05) is 7.05 Å². The molecule has 4 aromatic rings. The van der Waals surface area contributed by atoms with E-state index in [-0.39, 0.29) is 0 Å². The molecule has 0 aliphatic rings. The molecule has 0 aliphatic heterocycles. The number of H-pyrrole nitrogens is 1. The van der Waals surface area contributed by atoms with E-state index in [2.05, 4.69) is 75.7 Å². The summed E-state index contributed by atoms with van der Waals surface area (Å²) in [5, 5.41) is 10.6. The van der Waals surface area contributed by atoms with E-state index in [0.717, 1.165) is 29.4 Å². The van der Waals surface area contributed by atoms with E-state index in [1.807, 2.05) is 23.8 Å². The fraction of sp³-hybridized carbons (Fsp3) is 0.143. The molecule has 2 heterocycles. The third kappa shape index (κ3) is 3.74. The first-order valence-corrected chi connectivity index (χ1v) is 9.42. The smallest absolute Gasteiger partial charge is 0.107 e. The molecule has 0 saturated heterocycles. The molecule has 0 aliphatic carbocycles. The molecule has 0 amide bonds. The molecule has 5 heteroatoms. The molecule has 2 aromatic heterocycles. The molecule has 2 aromatic carbocycles. The summed E-state index contributed by atoms with van der Waals surface area (Å²) in [7, 11) is 2.11. The van der Waals surface area contributed by atoms with Crippen molar-refractivity contribution in [2.24, 2.45) is 0 Å². The lowest BCUT2D eigenvalue weighted by atomic mass is 10.0. The second kappa shape index (κ2) is 7.64. The van der Waals surface area contributed by atoms with Gasteiger partial charge in [0.05, 0.1) is 18.4 Å². The normalized spacial score (nSPS) is 11.2. The van der Waals surface area contributed by atoms with Gasteiger partial charge in [0.1, 0.15) is 5.01 Å². The largest absolute Gasteiger partial charge is 0.295 e. The quantitative estimate of drug-likeness (QED) is 0.535. The highest BCUT2D eigenvalue weighted by Crippen LogP contribution is 2.26. The van der Waals surface area contributed by atoms with Crippen molar-refractivity contribution in [3.63, 3.8) is 0 Å². The van der Waals surface area contributed by atoms with Crippen LogP contribution in [0.5, 0.6) is 0 Å². The van der Waals surface area contributed by atoms with Crippen LogP contribution < -0.4 is 0 Å². The minimum Gasteiger partial charge on any atom is -0.295 e. The standard InChI is InChI=1S/C21H20N4S/c1-25(15-20-22-11-12-26-20)14-19-13-23-24-21(19)18-9-7-17(8-10-18)16-5-3-2-4-6-16/h2-13H,14-15H2,1H3,(H,23,24). The first-order valence-electron chi connectivity index (χ1n) is 8.54. The van der Waals surface area contributed by atoms with E-state index in [4.69, 9.17) is 0 Å². The summed E-state index contributed by atoms with van der Waals surface area (Å²) in [6, 6.07) is 19.1. The lowest BCUT2D eigenvalue weighted by Gasteiger charge is -2.15. The molecular weight excluding hydrogens is 340 g/mol. The number of thiazole rings is 1. The number of benzene rings is 2. The lowest BCUT2D eigenvalue weighted by Crippen LogP contribution is -2.17. The second-order valence-electron chi connectivity index (χ2n) is 6.31.